The van der Waals surface area contributed by atoms with Crippen LogP contribution in [-0.4, -0.2) is 6.04 Å². The molecule has 1 aromatic rings. The quantitative estimate of drug-likeness (QED) is 0.778. The third-order valence-electron chi connectivity index (χ3n) is 2.80. The van der Waals surface area contributed by atoms with Gasteiger partial charge in [0.15, 0.2) is 0 Å². The van der Waals surface area contributed by atoms with Crippen LogP contribution in [0.2, 0.25) is 0 Å². The van der Waals surface area contributed by atoms with Gasteiger partial charge in [-0.25, -0.2) is 4.39 Å². The lowest BCUT2D eigenvalue weighted by molar-refractivity contribution is 0.338. The summed E-state index contributed by atoms with van der Waals surface area (Å²) >= 11 is 0. The summed E-state index contributed by atoms with van der Waals surface area (Å²) in [6.07, 6.45) is 3.88. The first kappa shape index (κ1) is 9.66. The molecular weight excluding hydrogens is 177 g/mol. The average Bonchev–Trinajstić information content (AvgIpc) is 1.99. The molecule has 1 aromatic carbocycles. The van der Waals surface area contributed by atoms with Gasteiger partial charge >= 0.3 is 0 Å². The summed E-state index contributed by atoms with van der Waals surface area (Å²) in [4.78, 5) is 0. The standard InChI is InChI=1S/C12H16FN/c1-9-5-10(7-11(13)6-9)8-14-12-3-2-4-12/h5-7,12,14H,2-4,8H2,1H3. The molecule has 0 heterocycles. The van der Waals surface area contributed by atoms with Gasteiger partial charge in [-0.1, -0.05) is 12.5 Å². The molecule has 14 heavy (non-hydrogen) atoms. The Kier molecular flexibility index (Phi) is 2.82. The molecule has 2 heteroatoms. The van der Waals surface area contributed by atoms with Gasteiger partial charge in [0.1, 0.15) is 5.82 Å². The van der Waals surface area contributed by atoms with E-state index in [0.29, 0.717) is 6.04 Å². The van der Waals surface area contributed by atoms with Crippen molar-refractivity contribution in [2.75, 3.05) is 0 Å². The van der Waals surface area contributed by atoms with E-state index < -0.39 is 0 Å². The van der Waals surface area contributed by atoms with Crippen molar-refractivity contribution < 1.29 is 4.39 Å². The van der Waals surface area contributed by atoms with E-state index in [0.717, 1.165) is 17.7 Å². The van der Waals surface area contributed by atoms with Crippen LogP contribution in [0.4, 0.5) is 4.39 Å². The Balaban J connectivity index is 1.94. The first-order valence-electron chi connectivity index (χ1n) is 5.23. The van der Waals surface area contributed by atoms with Gasteiger partial charge < -0.3 is 5.32 Å². The van der Waals surface area contributed by atoms with Gasteiger partial charge in [-0.2, -0.15) is 0 Å². The Bertz CT molecular complexity index is 298. The average molecular weight is 193 g/mol. The summed E-state index contributed by atoms with van der Waals surface area (Å²) < 4.78 is 13.0. The van der Waals surface area contributed by atoms with E-state index in [9.17, 15) is 4.39 Å². The molecule has 1 fully saturated rings. The fraction of sp³-hybridized carbons (Fsp3) is 0.500. The van der Waals surface area contributed by atoms with Crippen LogP contribution in [0.15, 0.2) is 18.2 Å². The molecule has 1 aliphatic rings. The van der Waals surface area contributed by atoms with Crippen LogP contribution in [-0.2, 0) is 6.54 Å². The Labute approximate surface area is 84.3 Å². The van der Waals surface area contributed by atoms with E-state index >= 15 is 0 Å². The van der Waals surface area contributed by atoms with Gasteiger partial charge in [-0.15, -0.1) is 0 Å². The predicted molar refractivity (Wildman–Crippen MR) is 55.6 cm³/mol. The van der Waals surface area contributed by atoms with E-state index in [1.807, 2.05) is 13.0 Å². The van der Waals surface area contributed by atoms with Crippen molar-refractivity contribution in [3.63, 3.8) is 0 Å². The van der Waals surface area contributed by atoms with Crippen LogP contribution in [0.25, 0.3) is 0 Å². The topological polar surface area (TPSA) is 12.0 Å². The molecule has 76 valence electrons. The Morgan fingerprint density at radius 1 is 1.36 bits per heavy atom. The summed E-state index contributed by atoms with van der Waals surface area (Å²) in [6, 6.07) is 5.87. The zero-order valence-electron chi connectivity index (χ0n) is 8.52. The van der Waals surface area contributed by atoms with Gasteiger partial charge in [0.2, 0.25) is 0 Å². The number of hydrogen-bond acceptors (Lipinski definition) is 1. The number of halogens is 1. The zero-order chi connectivity index (χ0) is 9.97. The van der Waals surface area contributed by atoms with E-state index in [1.54, 1.807) is 12.1 Å². The highest BCUT2D eigenvalue weighted by atomic mass is 19.1. The fourth-order valence-corrected chi connectivity index (χ4v) is 1.79. The monoisotopic (exact) mass is 193 g/mol. The van der Waals surface area contributed by atoms with E-state index in [2.05, 4.69) is 5.32 Å². The molecule has 0 aromatic heterocycles. The smallest absolute Gasteiger partial charge is 0.123 e. The van der Waals surface area contributed by atoms with Crippen LogP contribution in [0.5, 0.6) is 0 Å². The van der Waals surface area contributed by atoms with Gasteiger partial charge in [0.05, 0.1) is 0 Å². The number of rotatable bonds is 3. The van der Waals surface area contributed by atoms with Gasteiger partial charge in [0, 0.05) is 12.6 Å². The first-order chi connectivity index (χ1) is 6.74. The Morgan fingerprint density at radius 3 is 2.71 bits per heavy atom. The first-order valence-corrected chi connectivity index (χ1v) is 5.23. The molecule has 0 saturated heterocycles. The summed E-state index contributed by atoms with van der Waals surface area (Å²) in [7, 11) is 0. The fourth-order valence-electron chi connectivity index (χ4n) is 1.79. The maximum Gasteiger partial charge on any atom is 0.123 e. The van der Waals surface area contributed by atoms with Crippen LogP contribution < -0.4 is 5.32 Å². The van der Waals surface area contributed by atoms with E-state index in [1.165, 1.54) is 19.3 Å². The molecule has 0 atom stereocenters. The molecular formula is C12H16FN. The van der Waals surface area contributed by atoms with Crippen molar-refractivity contribution in [1.82, 2.24) is 5.32 Å². The van der Waals surface area contributed by atoms with Crippen LogP contribution in [0.3, 0.4) is 0 Å². The molecule has 0 aliphatic heterocycles. The van der Waals surface area contributed by atoms with Crippen LogP contribution >= 0.6 is 0 Å². The molecule has 1 nitrogen and oxygen atoms in total. The highest BCUT2D eigenvalue weighted by molar-refractivity contribution is 5.23. The van der Waals surface area contributed by atoms with Gasteiger partial charge in [-0.05, 0) is 43.0 Å². The van der Waals surface area contributed by atoms with E-state index in [-0.39, 0.29) is 5.82 Å². The second-order valence-corrected chi connectivity index (χ2v) is 4.15. The number of hydrogen-bond donors (Lipinski definition) is 1. The molecule has 1 saturated carbocycles. The summed E-state index contributed by atoms with van der Waals surface area (Å²) in [5.41, 5.74) is 2.05. The van der Waals surface area contributed by atoms with Crippen molar-refractivity contribution in [2.45, 2.75) is 38.8 Å². The second-order valence-electron chi connectivity index (χ2n) is 4.15. The molecule has 1 aliphatic carbocycles. The summed E-state index contributed by atoms with van der Waals surface area (Å²) in [5.74, 6) is -0.129. The minimum atomic E-state index is -0.129. The maximum atomic E-state index is 13.0. The van der Waals surface area contributed by atoms with Gasteiger partial charge in [0.25, 0.3) is 0 Å². The van der Waals surface area contributed by atoms with Gasteiger partial charge in [-0.3, -0.25) is 0 Å². The van der Waals surface area contributed by atoms with Crippen LogP contribution in [0, 0.1) is 12.7 Å². The molecule has 0 radical (unpaired) electrons. The minimum absolute atomic E-state index is 0.129. The summed E-state index contributed by atoms with van der Waals surface area (Å²) in [5, 5.41) is 3.42. The molecule has 0 unspecified atom stereocenters. The van der Waals surface area contributed by atoms with Crippen molar-refractivity contribution >= 4 is 0 Å². The zero-order valence-corrected chi connectivity index (χ0v) is 8.52. The van der Waals surface area contributed by atoms with Crippen molar-refractivity contribution in [3.05, 3.63) is 35.1 Å². The number of benzene rings is 1. The molecule has 2 rings (SSSR count). The lowest BCUT2D eigenvalue weighted by Crippen LogP contribution is -2.34. The normalized spacial score (nSPS) is 16.7. The Morgan fingerprint density at radius 2 is 2.14 bits per heavy atom. The largest absolute Gasteiger partial charge is 0.310 e. The Hall–Kier alpha value is -0.890. The SMILES string of the molecule is Cc1cc(F)cc(CNC2CCC2)c1. The lowest BCUT2D eigenvalue weighted by Gasteiger charge is -2.26. The summed E-state index contributed by atoms with van der Waals surface area (Å²) in [6.45, 7) is 2.72. The maximum absolute atomic E-state index is 13.0. The van der Waals surface area contributed by atoms with Crippen LogP contribution in [0.1, 0.15) is 30.4 Å². The molecule has 0 bridgehead atoms. The van der Waals surface area contributed by atoms with Crippen molar-refractivity contribution in [3.8, 4) is 0 Å². The second kappa shape index (κ2) is 4.09. The highest BCUT2D eigenvalue weighted by Crippen LogP contribution is 2.18. The molecule has 0 amide bonds. The van der Waals surface area contributed by atoms with Crippen molar-refractivity contribution in [2.24, 2.45) is 0 Å². The number of aryl methyl sites for hydroxylation is 1. The molecule has 1 N–H and O–H groups in total. The third kappa shape index (κ3) is 2.32. The predicted octanol–water partition coefficient (Wildman–Crippen LogP) is 2.78. The third-order valence-corrected chi connectivity index (χ3v) is 2.80. The van der Waals surface area contributed by atoms with Crippen molar-refractivity contribution in [1.29, 1.82) is 0 Å². The molecule has 0 spiro atoms. The minimum Gasteiger partial charge on any atom is -0.310 e. The lowest BCUT2D eigenvalue weighted by atomic mass is 9.93. The van der Waals surface area contributed by atoms with E-state index in [4.69, 9.17) is 0 Å². The highest BCUT2D eigenvalue weighted by Gasteiger charge is 2.15. The number of nitrogens with one attached hydrogen (secondary N) is 1.